The summed E-state index contributed by atoms with van der Waals surface area (Å²) in [5.74, 6) is -0.175. The van der Waals surface area contributed by atoms with Gasteiger partial charge >= 0.3 is 0 Å². The molecule has 0 saturated heterocycles. The lowest BCUT2D eigenvalue weighted by Gasteiger charge is -2.18. The molecule has 0 bridgehead atoms. The molecule has 0 atom stereocenters. The van der Waals surface area contributed by atoms with Gasteiger partial charge in [-0.3, -0.25) is 4.79 Å². The molecule has 0 fully saturated rings. The van der Waals surface area contributed by atoms with Crippen molar-refractivity contribution in [2.24, 2.45) is 5.73 Å². The van der Waals surface area contributed by atoms with Gasteiger partial charge in [0.05, 0.1) is 11.3 Å². The van der Waals surface area contributed by atoms with Gasteiger partial charge in [0.15, 0.2) is 0 Å². The van der Waals surface area contributed by atoms with Crippen molar-refractivity contribution >= 4 is 5.78 Å². The topological polar surface area (TPSA) is 52.3 Å². The molecule has 86 valence electrons. The third-order valence-corrected chi connectivity index (χ3v) is 2.33. The average molecular weight is 219 g/mol. The van der Waals surface area contributed by atoms with E-state index in [-0.39, 0.29) is 11.5 Å². The highest BCUT2D eigenvalue weighted by atomic mass is 16.5. The number of methoxy groups -OCH3 is 1. The van der Waals surface area contributed by atoms with E-state index in [1.807, 2.05) is 32.0 Å². The van der Waals surface area contributed by atoms with Crippen LogP contribution in [0.5, 0.6) is 0 Å². The summed E-state index contributed by atoms with van der Waals surface area (Å²) in [4.78, 5) is 11.9. The Kier molecular flexibility index (Phi) is 3.85. The number of rotatable bonds is 4. The van der Waals surface area contributed by atoms with Crippen molar-refractivity contribution in [1.82, 2.24) is 0 Å². The predicted molar refractivity (Wildman–Crippen MR) is 64.1 cm³/mol. The van der Waals surface area contributed by atoms with Gasteiger partial charge in [0.1, 0.15) is 0 Å². The van der Waals surface area contributed by atoms with Crippen molar-refractivity contribution in [3.63, 3.8) is 0 Å². The van der Waals surface area contributed by atoms with Crippen molar-refractivity contribution in [3.8, 4) is 0 Å². The van der Waals surface area contributed by atoms with Gasteiger partial charge < -0.3 is 10.5 Å². The van der Waals surface area contributed by atoms with Gasteiger partial charge in [-0.25, -0.2) is 0 Å². The van der Waals surface area contributed by atoms with E-state index in [1.165, 1.54) is 0 Å². The van der Waals surface area contributed by atoms with E-state index in [9.17, 15) is 4.79 Å². The van der Waals surface area contributed by atoms with Gasteiger partial charge in [0, 0.05) is 12.7 Å². The molecule has 0 aliphatic heterocycles. The Morgan fingerprint density at radius 2 is 1.88 bits per heavy atom. The first-order valence-corrected chi connectivity index (χ1v) is 5.09. The van der Waals surface area contributed by atoms with Crippen LogP contribution in [0.4, 0.5) is 0 Å². The quantitative estimate of drug-likeness (QED) is 0.623. The number of hydrogen-bond acceptors (Lipinski definition) is 3. The SMILES string of the molecule is COC(C)(C)C=C(N)C(=O)c1ccccc1. The number of ketones is 1. The second kappa shape index (κ2) is 4.94. The van der Waals surface area contributed by atoms with Crippen LogP contribution in [0.2, 0.25) is 0 Å². The van der Waals surface area contributed by atoms with Crippen molar-refractivity contribution in [3.05, 3.63) is 47.7 Å². The normalized spacial score (nSPS) is 12.6. The van der Waals surface area contributed by atoms with Crippen molar-refractivity contribution < 1.29 is 9.53 Å². The van der Waals surface area contributed by atoms with Gasteiger partial charge in [-0.1, -0.05) is 30.3 Å². The van der Waals surface area contributed by atoms with Gasteiger partial charge in [-0.15, -0.1) is 0 Å². The molecule has 0 unspecified atom stereocenters. The molecule has 3 nitrogen and oxygen atoms in total. The molecule has 0 radical (unpaired) electrons. The maximum Gasteiger partial charge on any atom is 0.208 e. The summed E-state index contributed by atoms with van der Waals surface area (Å²) in [5.41, 5.74) is 6.00. The van der Waals surface area contributed by atoms with Crippen molar-refractivity contribution in [2.45, 2.75) is 19.4 Å². The Morgan fingerprint density at radius 3 is 2.38 bits per heavy atom. The molecule has 0 aliphatic carbocycles. The fourth-order valence-corrected chi connectivity index (χ4v) is 1.26. The lowest BCUT2D eigenvalue weighted by Crippen LogP contribution is -2.23. The molecular weight excluding hydrogens is 202 g/mol. The van der Waals surface area contributed by atoms with Gasteiger partial charge in [0.25, 0.3) is 0 Å². The van der Waals surface area contributed by atoms with Gasteiger partial charge in [-0.2, -0.15) is 0 Å². The third-order valence-electron chi connectivity index (χ3n) is 2.33. The number of carbonyl (C=O) groups is 1. The fourth-order valence-electron chi connectivity index (χ4n) is 1.26. The average Bonchev–Trinajstić information content (AvgIpc) is 2.28. The van der Waals surface area contributed by atoms with E-state index >= 15 is 0 Å². The number of allylic oxidation sites excluding steroid dienone is 1. The first-order valence-electron chi connectivity index (χ1n) is 5.09. The molecule has 0 heterocycles. The monoisotopic (exact) mass is 219 g/mol. The van der Waals surface area contributed by atoms with Crippen LogP contribution in [0.25, 0.3) is 0 Å². The predicted octanol–water partition coefficient (Wildman–Crippen LogP) is 2.14. The van der Waals surface area contributed by atoms with Gasteiger partial charge in [0.2, 0.25) is 5.78 Å². The van der Waals surface area contributed by atoms with Crippen LogP contribution >= 0.6 is 0 Å². The minimum atomic E-state index is -0.533. The summed E-state index contributed by atoms with van der Waals surface area (Å²) in [7, 11) is 1.58. The zero-order valence-electron chi connectivity index (χ0n) is 9.86. The van der Waals surface area contributed by atoms with E-state index in [0.29, 0.717) is 5.56 Å². The number of hydrogen-bond donors (Lipinski definition) is 1. The van der Waals surface area contributed by atoms with Crippen LogP contribution in [0.3, 0.4) is 0 Å². The molecule has 2 N–H and O–H groups in total. The van der Waals surface area contributed by atoms with Crippen LogP contribution in [0.15, 0.2) is 42.1 Å². The molecule has 1 rings (SSSR count). The Labute approximate surface area is 95.9 Å². The Balaban J connectivity index is 2.92. The number of carbonyl (C=O) groups excluding carboxylic acids is 1. The van der Waals surface area contributed by atoms with E-state index in [2.05, 4.69) is 0 Å². The maximum absolute atomic E-state index is 11.9. The highest BCUT2D eigenvalue weighted by Crippen LogP contribution is 2.13. The largest absolute Gasteiger partial charge is 0.396 e. The van der Waals surface area contributed by atoms with E-state index in [4.69, 9.17) is 10.5 Å². The smallest absolute Gasteiger partial charge is 0.208 e. The summed E-state index contributed by atoms with van der Waals surface area (Å²) in [6.07, 6.45) is 1.63. The summed E-state index contributed by atoms with van der Waals surface area (Å²) in [6.45, 7) is 3.69. The molecule has 0 aliphatic rings. The molecule has 3 heteroatoms. The van der Waals surface area contributed by atoms with Crippen LogP contribution < -0.4 is 5.73 Å². The van der Waals surface area contributed by atoms with Gasteiger partial charge in [-0.05, 0) is 19.9 Å². The van der Waals surface area contributed by atoms with Crippen molar-refractivity contribution in [2.75, 3.05) is 7.11 Å². The van der Waals surface area contributed by atoms with E-state index < -0.39 is 5.60 Å². The van der Waals surface area contributed by atoms with E-state index in [1.54, 1.807) is 25.3 Å². The maximum atomic E-state index is 11.9. The number of ether oxygens (including phenoxy) is 1. The first kappa shape index (κ1) is 12.5. The van der Waals surface area contributed by atoms with Crippen molar-refractivity contribution in [1.29, 1.82) is 0 Å². The highest BCUT2D eigenvalue weighted by molar-refractivity contribution is 6.08. The Hall–Kier alpha value is -1.61. The first-order chi connectivity index (χ1) is 7.46. The number of Topliss-reactive ketones (excluding diaryl/α,β-unsaturated/α-hetero) is 1. The van der Waals surface area contributed by atoms with Crippen LogP contribution in [0.1, 0.15) is 24.2 Å². The van der Waals surface area contributed by atoms with Crippen LogP contribution in [0, 0.1) is 0 Å². The van der Waals surface area contributed by atoms with Crippen LogP contribution in [-0.2, 0) is 4.74 Å². The molecule has 1 aromatic carbocycles. The fraction of sp³-hybridized carbons (Fsp3) is 0.308. The zero-order chi connectivity index (χ0) is 12.2. The number of nitrogens with two attached hydrogens (primary N) is 1. The molecule has 16 heavy (non-hydrogen) atoms. The number of benzene rings is 1. The Bertz CT molecular complexity index is 394. The lowest BCUT2D eigenvalue weighted by atomic mass is 10.0. The van der Waals surface area contributed by atoms with E-state index in [0.717, 1.165) is 0 Å². The Morgan fingerprint density at radius 1 is 1.31 bits per heavy atom. The molecule has 1 aromatic rings. The summed E-state index contributed by atoms with van der Waals surface area (Å²) >= 11 is 0. The summed E-state index contributed by atoms with van der Waals surface area (Å²) in [5, 5.41) is 0. The highest BCUT2D eigenvalue weighted by Gasteiger charge is 2.17. The second-order valence-electron chi connectivity index (χ2n) is 4.10. The lowest BCUT2D eigenvalue weighted by molar-refractivity contribution is 0.0641. The van der Waals surface area contributed by atoms with Crippen LogP contribution in [-0.4, -0.2) is 18.5 Å². The second-order valence-corrected chi connectivity index (χ2v) is 4.10. The molecule has 0 spiro atoms. The standard InChI is InChI=1S/C13H17NO2/c1-13(2,16-3)9-11(14)12(15)10-7-5-4-6-8-10/h4-9H,14H2,1-3H3. The molecular formula is C13H17NO2. The summed E-state index contributed by atoms with van der Waals surface area (Å²) < 4.78 is 5.19. The zero-order valence-corrected chi connectivity index (χ0v) is 9.86. The molecule has 0 aromatic heterocycles. The summed E-state index contributed by atoms with van der Waals surface area (Å²) in [6, 6.07) is 8.95. The minimum Gasteiger partial charge on any atom is -0.396 e. The molecule has 0 amide bonds. The molecule has 0 saturated carbocycles. The minimum absolute atomic E-state index is 0.175. The third kappa shape index (κ3) is 3.21.